The molecule has 3 aromatic carbocycles. The van der Waals surface area contributed by atoms with E-state index < -0.39 is 5.54 Å². The molecule has 0 unspecified atom stereocenters. The third-order valence-corrected chi connectivity index (χ3v) is 7.67. The Kier molecular flexibility index (Phi) is 6.68. The van der Waals surface area contributed by atoms with Gasteiger partial charge in [-0.15, -0.1) is 0 Å². The molecule has 0 aliphatic carbocycles. The number of nitrogens with one attached hydrogen (secondary N) is 1. The Labute approximate surface area is 228 Å². The quantitative estimate of drug-likeness (QED) is 0.219. The Morgan fingerprint density at radius 3 is 2.03 bits per heavy atom. The third-order valence-electron chi connectivity index (χ3n) is 7.67. The Balaban J connectivity index is 1.52. The van der Waals surface area contributed by atoms with Gasteiger partial charge in [0.2, 0.25) is 5.91 Å². The number of fused-ring (bicyclic) bond motifs is 1. The molecule has 39 heavy (non-hydrogen) atoms. The highest BCUT2D eigenvalue weighted by molar-refractivity contribution is 5.89. The fraction of sp³-hybridized carbons (Fsp3) is 0.182. The molecule has 194 valence electrons. The second-order valence-corrected chi connectivity index (χ2v) is 9.93. The maximum absolute atomic E-state index is 12.2. The number of nitrogens with zero attached hydrogens (tertiary/aromatic N) is 4. The fourth-order valence-corrected chi connectivity index (χ4v) is 5.91. The predicted octanol–water partition coefficient (Wildman–Crippen LogP) is 5.86. The molecule has 1 fully saturated rings. The molecule has 1 saturated heterocycles. The largest absolute Gasteiger partial charge is 0.365 e. The highest BCUT2D eigenvalue weighted by atomic mass is 16.2. The van der Waals surface area contributed by atoms with Crippen molar-refractivity contribution in [2.75, 3.05) is 18.4 Å². The van der Waals surface area contributed by atoms with E-state index in [1.54, 1.807) is 6.33 Å². The van der Waals surface area contributed by atoms with Gasteiger partial charge in [-0.3, -0.25) is 4.79 Å². The van der Waals surface area contributed by atoms with Gasteiger partial charge in [0.1, 0.15) is 23.3 Å². The third kappa shape index (κ3) is 4.38. The van der Waals surface area contributed by atoms with Crippen molar-refractivity contribution in [1.82, 2.24) is 19.4 Å². The van der Waals surface area contributed by atoms with E-state index in [2.05, 4.69) is 107 Å². The molecular weight excluding hydrogens is 482 g/mol. The highest BCUT2D eigenvalue weighted by Crippen LogP contribution is 2.43. The van der Waals surface area contributed by atoms with Crippen molar-refractivity contribution in [3.05, 3.63) is 139 Å². The van der Waals surface area contributed by atoms with Gasteiger partial charge < -0.3 is 14.8 Å². The number of anilines is 1. The summed E-state index contributed by atoms with van der Waals surface area (Å²) in [6.07, 6.45) is 7.04. The summed E-state index contributed by atoms with van der Waals surface area (Å²) in [7, 11) is 0. The van der Waals surface area contributed by atoms with Crippen LogP contribution in [0.25, 0.3) is 11.0 Å². The number of carbonyl (C=O) groups excluding carboxylic acids is 1. The number of amides is 1. The zero-order valence-corrected chi connectivity index (χ0v) is 21.8. The number of carbonyl (C=O) groups is 1. The van der Waals surface area contributed by atoms with Crippen LogP contribution in [0.1, 0.15) is 29.5 Å². The molecule has 0 spiro atoms. The summed E-state index contributed by atoms with van der Waals surface area (Å²) < 4.78 is 2.27. The summed E-state index contributed by atoms with van der Waals surface area (Å²) in [5.74, 6) is 0.749. The minimum atomic E-state index is -0.658. The van der Waals surface area contributed by atoms with Gasteiger partial charge in [-0.05, 0) is 41.7 Å². The predicted molar refractivity (Wildman–Crippen MR) is 156 cm³/mol. The Morgan fingerprint density at radius 1 is 0.872 bits per heavy atom. The molecule has 0 bridgehead atoms. The summed E-state index contributed by atoms with van der Waals surface area (Å²) in [6, 6.07) is 33.9. The molecule has 1 aliphatic rings. The number of benzene rings is 3. The smallest absolute Gasteiger partial charge is 0.246 e. The van der Waals surface area contributed by atoms with Crippen LogP contribution in [0.2, 0.25) is 0 Å². The molecule has 0 radical (unpaired) electrons. The molecule has 3 heterocycles. The van der Waals surface area contributed by atoms with Crippen molar-refractivity contribution >= 4 is 22.8 Å². The molecule has 6 heteroatoms. The van der Waals surface area contributed by atoms with Crippen molar-refractivity contribution in [1.29, 1.82) is 0 Å². The normalized spacial score (nSPS) is 15.7. The Morgan fingerprint density at radius 2 is 1.46 bits per heavy atom. The van der Waals surface area contributed by atoms with Crippen LogP contribution in [-0.4, -0.2) is 44.5 Å². The summed E-state index contributed by atoms with van der Waals surface area (Å²) >= 11 is 0. The molecule has 1 aliphatic heterocycles. The van der Waals surface area contributed by atoms with Crippen LogP contribution < -0.4 is 5.32 Å². The van der Waals surface area contributed by atoms with Crippen LogP contribution in [-0.2, 0) is 10.3 Å². The van der Waals surface area contributed by atoms with Crippen LogP contribution in [0.15, 0.2) is 122 Å². The molecule has 1 atom stereocenters. The van der Waals surface area contributed by atoms with Gasteiger partial charge in [-0.25, -0.2) is 9.97 Å². The molecule has 6 nitrogen and oxygen atoms in total. The first-order valence-electron chi connectivity index (χ1n) is 13.4. The lowest BCUT2D eigenvalue weighted by atomic mass is 9.76. The first-order valence-corrected chi connectivity index (χ1v) is 13.4. The maximum Gasteiger partial charge on any atom is 0.246 e. The van der Waals surface area contributed by atoms with E-state index in [4.69, 9.17) is 4.98 Å². The monoisotopic (exact) mass is 513 g/mol. The summed E-state index contributed by atoms with van der Waals surface area (Å²) in [5, 5.41) is 4.57. The SMILES string of the molecule is C=CC(=O)N1CCC[C@@H](Nc2ncnc3c2ccn3C(c2ccccc2)(c2ccccc2)c2ccccc2)C1. The molecule has 0 saturated carbocycles. The minimum Gasteiger partial charge on any atom is -0.365 e. The van der Waals surface area contributed by atoms with Crippen molar-refractivity contribution in [3.8, 4) is 0 Å². The number of piperidine rings is 1. The average Bonchev–Trinajstić information content (AvgIpc) is 3.44. The number of hydrogen-bond acceptors (Lipinski definition) is 4. The Hall–Kier alpha value is -4.71. The second kappa shape index (κ2) is 10.6. The van der Waals surface area contributed by atoms with Gasteiger partial charge in [0, 0.05) is 25.3 Å². The zero-order valence-electron chi connectivity index (χ0n) is 21.8. The van der Waals surface area contributed by atoms with Crippen molar-refractivity contribution < 1.29 is 4.79 Å². The van der Waals surface area contributed by atoms with Crippen molar-refractivity contribution in [2.24, 2.45) is 0 Å². The molecular formula is C33H31N5O. The fourth-order valence-electron chi connectivity index (χ4n) is 5.91. The number of likely N-dealkylation sites (tertiary alicyclic amines) is 1. The van der Waals surface area contributed by atoms with E-state index in [0.29, 0.717) is 6.54 Å². The summed E-state index contributed by atoms with van der Waals surface area (Å²) in [5.41, 5.74) is 3.59. The van der Waals surface area contributed by atoms with E-state index in [9.17, 15) is 4.79 Å². The molecule has 2 aromatic heterocycles. The van der Waals surface area contributed by atoms with E-state index in [-0.39, 0.29) is 11.9 Å². The lowest BCUT2D eigenvalue weighted by Gasteiger charge is -2.38. The van der Waals surface area contributed by atoms with Crippen LogP contribution in [0.3, 0.4) is 0 Å². The minimum absolute atomic E-state index is 0.0288. The van der Waals surface area contributed by atoms with Gasteiger partial charge in [0.05, 0.1) is 5.39 Å². The van der Waals surface area contributed by atoms with Gasteiger partial charge in [0.25, 0.3) is 0 Å². The molecule has 1 amide bonds. The molecule has 5 aromatic rings. The van der Waals surface area contributed by atoms with Gasteiger partial charge in [-0.2, -0.15) is 0 Å². The van der Waals surface area contributed by atoms with E-state index >= 15 is 0 Å². The first kappa shape index (κ1) is 24.6. The zero-order chi connectivity index (χ0) is 26.7. The van der Waals surface area contributed by atoms with Crippen molar-refractivity contribution in [3.63, 3.8) is 0 Å². The number of hydrogen-bond donors (Lipinski definition) is 1. The summed E-state index contributed by atoms with van der Waals surface area (Å²) in [4.78, 5) is 23.6. The van der Waals surface area contributed by atoms with Crippen LogP contribution in [0.4, 0.5) is 5.82 Å². The number of aromatic nitrogens is 3. The highest BCUT2D eigenvalue weighted by Gasteiger charge is 2.39. The standard InChI is InChI=1S/C33H31N5O/c1-2-30(39)37-21-12-19-28(23-37)36-31-29-20-22-38(32(29)35-24-34-31)33(25-13-6-3-7-14-25,26-15-8-4-9-16-26)27-17-10-5-11-18-27/h2-11,13-18,20,22,24,28H,1,12,19,21,23H2,(H,34,35,36)/t28-/m1/s1. The first-order chi connectivity index (χ1) is 19.2. The lowest BCUT2D eigenvalue weighted by Crippen LogP contribution is -2.44. The molecule has 1 N–H and O–H groups in total. The topological polar surface area (TPSA) is 63.1 Å². The van der Waals surface area contributed by atoms with Crippen LogP contribution in [0.5, 0.6) is 0 Å². The number of rotatable bonds is 7. The van der Waals surface area contributed by atoms with Gasteiger partial charge in [-0.1, -0.05) is 97.6 Å². The van der Waals surface area contributed by atoms with Gasteiger partial charge in [0.15, 0.2) is 0 Å². The van der Waals surface area contributed by atoms with E-state index in [0.717, 1.165) is 52.9 Å². The Bertz CT molecular complexity index is 1480. The van der Waals surface area contributed by atoms with E-state index in [1.165, 1.54) is 6.08 Å². The van der Waals surface area contributed by atoms with Crippen LogP contribution in [0, 0.1) is 0 Å². The lowest BCUT2D eigenvalue weighted by molar-refractivity contribution is -0.127. The van der Waals surface area contributed by atoms with Crippen molar-refractivity contribution in [2.45, 2.75) is 24.4 Å². The van der Waals surface area contributed by atoms with Crippen LogP contribution >= 0.6 is 0 Å². The van der Waals surface area contributed by atoms with E-state index in [1.807, 2.05) is 23.1 Å². The summed E-state index contributed by atoms with van der Waals surface area (Å²) in [6.45, 7) is 5.03. The van der Waals surface area contributed by atoms with Gasteiger partial charge >= 0.3 is 0 Å². The average molecular weight is 514 g/mol. The second-order valence-electron chi connectivity index (χ2n) is 9.93. The molecule has 6 rings (SSSR count). The maximum atomic E-state index is 12.2.